The van der Waals surface area contributed by atoms with Crippen LogP contribution in [0.2, 0.25) is 0 Å². The first kappa shape index (κ1) is 19.4. The molecular formula is C22H29N3O2. The van der Waals surface area contributed by atoms with E-state index in [9.17, 15) is 4.79 Å². The number of aromatic nitrogens is 1. The fraction of sp³-hybridized carbons (Fsp3) is 0.455. The molecule has 1 fully saturated rings. The zero-order valence-electron chi connectivity index (χ0n) is 16.1. The van der Waals surface area contributed by atoms with Crippen molar-refractivity contribution in [1.29, 1.82) is 0 Å². The van der Waals surface area contributed by atoms with E-state index in [0.717, 1.165) is 57.7 Å². The molecule has 2 aromatic rings. The first-order valence-electron chi connectivity index (χ1n) is 9.78. The van der Waals surface area contributed by atoms with Gasteiger partial charge in [-0.2, -0.15) is 0 Å². The molecule has 0 saturated carbocycles. The van der Waals surface area contributed by atoms with Gasteiger partial charge >= 0.3 is 0 Å². The maximum atomic E-state index is 12.7. The van der Waals surface area contributed by atoms with Crippen molar-refractivity contribution in [2.24, 2.45) is 5.92 Å². The number of hydrogen-bond acceptors (Lipinski definition) is 4. The molecule has 1 aliphatic heterocycles. The highest BCUT2D eigenvalue weighted by molar-refractivity contribution is 5.94. The third-order valence-electron chi connectivity index (χ3n) is 5.11. The molecule has 3 rings (SSSR count). The SMILES string of the molecule is COCCCNc1ccc(C(=O)N2CCC(Cc3ccccc3)CC2)cn1. The van der Waals surface area contributed by atoms with Gasteiger partial charge in [-0.1, -0.05) is 30.3 Å². The van der Waals surface area contributed by atoms with Crippen LogP contribution in [0.15, 0.2) is 48.7 Å². The number of piperidine rings is 1. The van der Waals surface area contributed by atoms with Gasteiger partial charge in [-0.15, -0.1) is 0 Å². The first-order chi connectivity index (χ1) is 13.3. The molecule has 0 atom stereocenters. The summed E-state index contributed by atoms with van der Waals surface area (Å²) in [7, 11) is 1.70. The lowest BCUT2D eigenvalue weighted by molar-refractivity contribution is 0.0690. The van der Waals surface area contributed by atoms with Gasteiger partial charge in [0, 0.05) is 39.5 Å². The van der Waals surface area contributed by atoms with Crippen molar-refractivity contribution in [3.8, 4) is 0 Å². The van der Waals surface area contributed by atoms with Gasteiger partial charge in [-0.3, -0.25) is 4.79 Å². The molecule has 1 N–H and O–H groups in total. The largest absolute Gasteiger partial charge is 0.385 e. The summed E-state index contributed by atoms with van der Waals surface area (Å²) >= 11 is 0. The van der Waals surface area contributed by atoms with Crippen molar-refractivity contribution in [2.75, 3.05) is 38.7 Å². The summed E-state index contributed by atoms with van der Waals surface area (Å²) in [4.78, 5) is 19.1. The fourth-order valence-corrected chi connectivity index (χ4v) is 3.53. The van der Waals surface area contributed by atoms with Gasteiger partial charge < -0.3 is 15.0 Å². The first-order valence-corrected chi connectivity index (χ1v) is 9.78. The Bertz CT molecular complexity index is 695. The highest BCUT2D eigenvalue weighted by Gasteiger charge is 2.23. The van der Waals surface area contributed by atoms with Gasteiger partial charge in [-0.25, -0.2) is 4.98 Å². The van der Waals surface area contributed by atoms with Crippen LogP contribution >= 0.6 is 0 Å². The Hall–Kier alpha value is -2.40. The van der Waals surface area contributed by atoms with Gasteiger partial charge in [0.2, 0.25) is 0 Å². The number of carbonyl (C=O) groups is 1. The third kappa shape index (κ3) is 5.79. The minimum Gasteiger partial charge on any atom is -0.385 e. The van der Waals surface area contributed by atoms with Crippen molar-refractivity contribution >= 4 is 11.7 Å². The van der Waals surface area contributed by atoms with Crippen molar-refractivity contribution in [2.45, 2.75) is 25.7 Å². The summed E-state index contributed by atoms with van der Waals surface area (Å²) in [6.45, 7) is 3.19. The Morgan fingerprint density at radius 2 is 1.96 bits per heavy atom. The molecule has 2 heterocycles. The van der Waals surface area contributed by atoms with Crippen LogP contribution in [0.25, 0.3) is 0 Å². The number of hydrogen-bond donors (Lipinski definition) is 1. The van der Waals surface area contributed by atoms with Crippen molar-refractivity contribution in [3.05, 3.63) is 59.8 Å². The van der Waals surface area contributed by atoms with E-state index in [-0.39, 0.29) is 5.91 Å². The molecule has 0 spiro atoms. The number of amides is 1. The van der Waals surface area contributed by atoms with Crippen LogP contribution in [0.5, 0.6) is 0 Å². The van der Waals surface area contributed by atoms with E-state index in [1.807, 2.05) is 17.0 Å². The lowest BCUT2D eigenvalue weighted by Gasteiger charge is -2.32. The number of pyridine rings is 1. The molecule has 0 radical (unpaired) electrons. The fourth-order valence-electron chi connectivity index (χ4n) is 3.53. The maximum absolute atomic E-state index is 12.7. The van der Waals surface area contributed by atoms with E-state index in [4.69, 9.17) is 4.74 Å². The highest BCUT2D eigenvalue weighted by atomic mass is 16.5. The monoisotopic (exact) mass is 367 g/mol. The molecule has 1 aromatic heterocycles. The number of nitrogens with zero attached hydrogens (tertiary/aromatic N) is 2. The summed E-state index contributed by atoms with van der Waals surface area (Å²) in [5.41, 5.74) is 2.05. The quantitative estimate of drug-likeness (QED) is 0.724. The minimum absolute atomic E-state index is 0.0894. The molecule has 1 aromatic carbocycles. The average molecular weight is 367 g/mol. The van der Waals surface area contributed by atoms with Gasteiger partial charge in [0.1, 0.15) is 5.82 Å². The van der Waals surface area contributed by atoms with Crippen LogP contribution < -0.4 is 5.32 Å². The highest BCUT2D eigenvalue weighted by Crippen LogP contribution is 2.23. The number of rotatable bonds is 8. The van der Waals surface area contributed by atoms with E-state index in [1.165, 1.54) is 5.56 Å². The normalized spacial score (nSPS) is 14.9. The smallest absolute Gasteiger partial charge is 0.255 e. The zero-order valence-corrected chi connectivity index (χ0v) is 16.1. The molecule has 0 aliphatic carbocycles. The number of methoxy groups -OCH3 is 1. The Morgan fingerprint density at radius 3 is 2.63 bits per heavy atom. The second-order valence-corrected chi connectivity index (χ2v) is 7.13. The number of carbonyl (C=O) groups excluding carboxylic acids is 1. The number of anilines is 1. The average Bonchev–Trinajstić information content (AvgIpc) is 2.72. The van der Waals surface area contributed by atoms with Gasteiger partial charge in [-0.05, 0) is 49.3 Å². The molecule has 1 saturated heterocycles. The Kier molecular flexibility index (Phi) is 7.22. The third-order valence-corrected chi connectivity index (χ3v) is 5.11. The summed E-state index contributed by atoms with van der Waals surface area (Å²) in [6, 6.07) is 14.4. The number of likely N-dealkylation sites (tertiary alicyclic amines) is 1. The Morgan fingerprint density at radius 1 is 1.19 bits per heavy atom. The van der Waals surface area contributed by atoms with Crippen molar-refractivity contribution < 1.29 is 9.53 Å². The lowest BCUT2D eigenvalue weighted by Crippen LogP contribution is -2.39. The predicted molar refractivity (Wildman–Crippen MR) is 108 cm³/mol. The molecule has 1 aliphatic rings. The van der Waals surface area contributed by atoms with E-state index in [1.54, 1.807) is 13.3 Å². The van der Waals surface area contributed by atoms with Gasteiger partial charge in [0.15, 0.2) is 0 Å². The Balaban J connectivity index is 1.46. The lowest BCUT2D eigenvalue weighted by atomic mass is 9.90. The summed E-state index contributed by atoms with van der Waals surface area (Å²) < 4.78 is 5.03. The van der Waals surface area contributed by atoms with E-state index >= 15 is 0 Å². The molecule has 0 bridgehead atoms. The van der Waals surface area contributed by atoms with Crippen LogP contribution in [0.3, 0.4) is 0 Å². The molecule has 144 valence electrons. The van der Waals surface area contributed by atoms with Crippen molar-refractivity contribution in [3.63, 3.8) is 0 Å². The van der Waals surface area contributed by atoms with Crippen LogP contribution in [-0.4, -0.2) is 49.1 Å². The van der Waals surface area contributed by atoms with E-state index < -0.39 is 0 Å². The van der Waals surface area contributed by atoms with Crippen LogP contribution in [0.4, 0.5) is 5.82 Å². The predicted octanol–water partition coefficient (Wildman–Crippen LogP) is 3.62. The number of nitrogens with one attached hydrogen (secondary N) is 1. The second-order valence-electron chi connectivity index (χ2n) is 7.13. The molecule has 0 unspecified atom stereocenters. The second kappa shape index (κ2) is 10.1. The summed E-state index contributed by atoms with van der Waals surface area (Å²) in [6.07, 6.45) is 5.84. The standard InChI is InChI=1S/C22H29N3O2/c1-27-15-5-12-23-21-9-8-20(17-24-21)22(26)25-13-10-19(11-14-25)16-18-6-3-2-4-7-18/h2-4,6-9,17,19H,5,10-16H2,1H3,(H,23,24). The topological polar surface area (TPSA) is 54.5 Å². The van der Waals surface area contributed by atoms with E-state index in [0.29, 0.717) is 11.5 Å². The van der Waals surface area contributed by atoms with Crippen LogP contribution in [0.1, 0.15) is 35.2 Å². The molecule has 5 nitrogen and oxygen atoms in total. The zero-order chi connectivity index (χ0) is 18.9. The van der Waals surface area contributed by atoms with Crippen molar-refractivity contribution in [1.82, 2.24) is 9.88 Å². The molecule has 1 amide bonds. The number of ether oxygens (including phenoxy) is 1. The van der Waals surface area contributed by atoms with Gasteiger partial charge in [0.25, 0.3) is 5.91 Å². The van der Waals surface area contributed by atoms with E-state index in [2.05, 4.69) is 40.6 Å². The Labute approximate surface area is 161 Å². The molecular weight excluding hydrogens is 338 g/mol. The summed E-state index contributed by atoms with van der Waals surface area (Å²) in [5.74, 6) is 1.55. The van der Waals surface area contributed by atoms with Crippen LogP contribution in [-0.2, 0) is 11.2 Å². The van der Waals surface area contributed by atoms with Gasteiger partial charge in [0.05, 0.1) is 5.56 Å². The number of benzene rings is 1. The molecule has 5 heteroatoms. The van der Waals surface area contributed by atoms with Crippen LogP contribution in [0, 0.1) is 5.92 Å². The molecule has 27 heavy (non-hydrogen) atoms. The minimum atomic E-state index is 0.0894. The maximum Gasteiger partial charge on any atom is 0.255 e. The summed E-state index contributed by atoms with van der Waals surface area (Å²) in [5, 5.41) is 3.24.